The lowest BCUT2D eigenvalue weighted by Crippen LogP contribution is -2.20. The molecule has 0 aliphatic carbocycles. The summed E-state index contributed by atoms with van der Waals surface area (Å²) in [6.07, 6.45) is 4.53. The van der Waals surface area contributed by atoms with Crippen LogP contribution in [0.1, 0.15) is 38.5 Å². The molecule has 0 saturated carbocycles. The molecule has 0 unspecified atom stereocenters. The fourth-order valence-corrected chi connectivity index (χ4v) is 5.09. The van der Waals surface area contributed by atoms with Gasteiger partial charge in [0.15, 0.2) is 17.4 Å². The number of ketones is 1. The molecular formula is C22H23F2N3OS. The predicted molar refractivity (Wildman–Crippen MR) is 110 cm³/mol. The first-order chi connectivity index (χ1) is 14.0. The maximum atomic E-state index is 13.5. The van der Waals surface area contributed by atoms with Crippen molar-refractivity contribution in [1.82, 2.24) is 9.78 Å². The molecule has 4 nitrogen and oxygen atoms in total. The highest BCUT2D eigenvalue weighted by molar-refractivity contribution is 7.14. The van der Waals surface area contributed by atoms with E-state index in [1.165, 1.54) is 10.9 Å². The van der Waals surface area contributed by atoms with E-state index in [-0.39, 0.29) is 18.1 Å². The minimum Gasteiger partial charge on any atom is -0.330 e. The second kappa shape index (κ2) is 8.16. The zero-order chi connectivity index (χ0) is 20.5. The minimum absolute atomic E-state index is 0.0461. The number of Topliss-reactive ketones (excluding diaryl/α,β-unsaturated/α-hetero) is 1. The fourth-order valence-electron chi connectivity index (χ4n) is 3.94. The molecule has 0 saturated heterocycles. The second-order valence-electron chi connectivity index (χ2n) is 7.63. The number of aryl methyl sites for hydroxylation is 3. The molecule has 0 radical (unpaired) electrons. The molecule has 1 atom stereocenters. The first kappa shape index (κ1) is 19.9. The summed E-state index contributed by atoms with van der Waals surface area (Å²) < 4.78 is 28.6. The van der Waals surface area contributed by atoms with E-state index >= 15 is 0 Å². The van der Waals surface area contributed by atoms with Gasteiger partial charge < -0.3 is 5.73 Å². The van der Waals surface area contributed by atoms with Crippen LogP contribution in [0, 0.1) is 24.5 Å². The Kier molecular flexibility index (Phi) is 5.61. The average molecular weight is 416 g/mol. The minimum atomic E-state index is -0.876. The van der Waals surface area contributed by atoms with Crippen molar-refractivity contribution in [3.05, 3.63) is 63.0 Å². The van der Waals surface area contributed by atoms with Gasteiger partial charge in [-0.25, -0.2) is 8.78 Å². The van der Waals surface area contributed by atoms with Crippen molar-refractivity contribution in [3.63, 3.8) is 0 Å². The Labute approximate surface area is 172 Å². The Hall–Kier alpha value is -2.38. The maximum Gasteiger partial charge on any atom is 0.173 e. The van der Waals surface area contributed by atoms with Gasteiger partial charge in [-0.2, -0.15) is 5.10 Å². The van der Waals surface area contributed by atoms with Gasteiger partial charge in [0.2, 0.25) is 0 Å². The molecule has 0 bridgehead atoms. The van der Waals surface area contributed by atoms with Gasteiger partial charge in [0.1, 0.15) is 0 Å². The summed E-state index contributed by atoms with van der Waals surface area (Å²) in [5, 5.41) is 4.45. The standard InChI is InChI=1S/C22H23F2N3OS/c1-13-12-26-27-6-2-3-20-16(22(13)27)10-21(29-20)19(28)9-15(11-25)7-14-4-5-17(23)18(24)8-14/h4-5,8,10,12,15H,2-3,6-7,9,11,25H2,1H3/t15-/m1/s1. The number of nitrogens with two attached hydrogens (primary N) is 1. The monoisotopic (exact) mass is 415 g/mol. The van der Waals surface area contributed by atoms with Crippen molar-refractivity contribution in [3.8, 4) is 11.3 Å². The highest BCUT2D eigenvalue weighted by atomic mass is 32.1. The van der Waals surface area contributed by atoms with Crippen LogP contribution in [-0.4, -0.2) is 22.1 Å². The Morgan fingerprint density at radius 3 is 2.90 bits per heavy atom. The lowest BCUT2D eigenvalue weighted by Gasteiger charge is -2.13. The average Bonchev–Trinajstić information content (AvgIpc) is 3.23. The molecule has 29 heavy (non-hydrogen) atoms. The van der Waals surface area contributed by atoms with Crippen LogP contribution in [0.3, 0.4) is 0 Å². The van der Waals surface area contributed by atoms with Crippen molar-refractivity contribution >= 4 is 17.1 Å². The van der Waals surface area contributed by atoms with Gasteiger partial charge in [-0.05, 0) is 68.0 Å². The largest absolute Gasteiger partial charge is 0.330 e. The molecule has 7 heteroatoms. The molecule has 1 aliphatic rings. The van der Waals surface area contributed by atoms with Gasteiger partial charge >= 0.3 is 0 Å². The molecule has 0 fully saturated rings. The predicted octanol–water partition coefficient (Wildman–Crippen LogP) is 4.53. The number of hydrogen-bond donors (Lipinski definition) is 1. The van der Waals surface area contributed by atoms with E-state index in [2.05, 4.69) is 5.10 Å². The highest BCUT2D eigenvalue weighted by Gasteiger charge is 2.24. The summed E-state index contributed by atoms with van der Waals surface area (Å²) in [5.74, 6) is -1.83. The maximum absolute atomic E-state index is 13.5. The van der Waals surface area contributed by atoms with E-state index < -0.39 is 11.6 Å². The number of carbonyl (C=O) groups excluding carboxylic acids is 1. The summed E-state index contributed by atoms with van der Waals surface area (Å²) in [6, 6.07) is 5.82. The Morgan fingerprint density at radius 1 is 1.31 bits per heavy atom. The van der Waals surface area contributed by atoms with Gasteiger partial charge in [0.05, 0.1) is 16.8 Å². The van der Waals surface area contributed by atoms with Crippen LogP contribution in [0.15, 0.2) is 30.5 Å². The third-order valence-corrected chi connectivity index (χ3v) is 6.69. The summed E-state index contributed by atoms with van der Waals surface area (Å²) in [5.41, 5.74) is 9.84. The lowest BCUT2D eigenvalue weighted by atomic mass is 9.93. The topological polar surface area (TPSA) is 60.9 Å². The van der Waals surface area contributed by atoms with E-state index in [9.17, 15) is 13.6 Å². The van der Waals surface area contributed by atoms with Crippen LogP contribution in [0.4, 0.5) is 8.78 Å². The molecule has 2 N–H and O–H groups in total. The summed E-state index contributed by atoms with van der Waals surface area (Å²) in [7, 11) is 0. The summed E-state index contributed by atoms with van der Waals surface area (Å²) in [6.45, 7) is 3.23. The van der Waals surface area contributed by atoms with Gasteiger partial charge in [0, 0.05) is 23.4 Å². The Balaban J connectivity index is 1.53. The lowest BCUT2D eigenvalue weighted by molar-refractivity contribution is 0.0966. The smallest absolute Gasteiger partial charge is 0.173 e. The number of hydrogen-bond acceptors (Lipinski definition) is 4. The summed E-state index contributed by atoms with van der Waals surface area (Å²) >= 11 is 1.55. The molecule has 3 heterocycles. The summed E-state index contributed by atoms with van der Waals surface area (Å²) in [4.78, 5) is 14.9. The van der Waals surface area contributed by atoms with Crippen molar-refractivity contribution in [2.45, 2.75) is 39.2 Å². The quantitative estimate of drug-likeness (QED) is 0.602. The first-order valence-electron chi connectivity index (χ1n) is 9.79. The number of benzene rings is 1. The van der Waals surface area contributed by atoms with E-state index in [4.69, 9.17) is 5.73 Å². The Morgan fingerprint density at radius 2 is 2.14 bits per heavy atom. The number of fused-ring (bicyclic) bond motifs is 3. The van der Waals surface area contributed by atoms with Crippen molar-refractivity contribution in [2.75, 3.05) is 6.54 Å². The zero-order valence-corrected chi connectivity index (χ0v) is 17.1. The van der Waals surface area contributed by atoms with E-state index in [1.54, 1.807) is 17.4 Å². The van der Waals surface area contributed by atoms with Crippen LogP contribution in [0.5, 0.6) is 0 Å². The number of rotatable bonds is 6. The SMILES string of the molecule is Cc1cnn2c1-c1cc(C(=O)C[C@H](CN)Cc3ccc(F)c(F)c3)sc1CCC2. The van der Waals surface area contributed by atoms with Gasteiger partial charge in [-0.15, -0.1) is 11.3 Å². The number of carbonyl (C=O) groups is 1. The number of nitrogens with zero attached hydrogens (tertiary/aromatic N) is 2. The molecule has 1 aromatic carbocycles. The highest BCUT2D eigenvalue weighted by Crippen LogP contribution is 2.37. The van der Waals surface area contributed by atoms with Crippen molar-refractivity contribution in [1.29, 1.82) is 0 Å². The number of aromatic nitrogens is 2. The number of thiophene rings is 1. The van der Waals surface area contributed by atoms with Crippen LogP contribution in [0.25, 0.3) is 11.3 Å². The Bertz CT molecular complexity index is 1060. The van der Waals surface area contributed by atoms with E-state index in [0.29, 0.717) is 18.5 Å². The molecule has 4 rings (SSSR count). The van der Waals surface area contributed by atoms with Crippen LogP contribution < -0.4 is 5.73 Å². The fraction of sp³-hybridized carbons (Fsp3) is 0.364. The van der Waals surface area contributed by atoms with Crippen LogP contribution in [-0.2, 0) is 19.4 Å². The molecule has 3 aromatic rings. The normalized spacial score (nSPS) is 14.2. The van der Waals surface area contributed by atoms with Gasteiger partial charge in [-0.3, -0.25) is 9.48 Å². The zero-order valence-electron chi connectivity index (χ0n) is 16.3. The van der Waals surface area contributed by atoms with E-state index in [1.807, 2.05) is 23.9 Å². The van der Waals surface area contributed by atoms with Crippen molar-refractivity contribution < 1.29 is 13.6 Å². The number of halogens is 2. The molecular weight excluding hydrogens is 392 g/mol. The molecule has 0 spiro atoms. The van der Waals surface area contributed by atoms with Gasteiger partial charge in [-0.1, -0.05) is 6.07 Å². The van der Waals surface area contributed by atoms with E-state index in [0.717, 1.165) is 47.2 Å². The van der Waals surface area contributed by atoms with Gasteiger partial charge in [0.25, 0.3) is 0 Å². The third-order valence-electron chi connectivity index (χ3n) is 5.45. The van der Waals surface area contributed by atoms with Crippen molar-refractivity contribution in [2.24, 2.45) is 11.7 Å². The molecule has 2 aromatic heterocycles. The second-order valence-corrected chi connectivity index (χ2v) is 8.77. The molecule has 0 amide bonds. The first-order valence-corrected chi connectivity index (χ1v) is 10.6. The molecule has 1 aliphatic heterocycles. The van der Waals surface area contributed by atoms with Crippen LogP contribution in [0.2, 0.25) is 0 Å². The third kappa shape index (κ3) is 4.02. The molecule has 152 valence electrons. The van der Waals surface area contributed by atoms with Crippen LogP contribution >= 0.6 is 11.3 Å².